The van der Waals surface area contributed by atoms with Crippen LogP contribution in [0.2, 0.25) is 5.15 Å². The molecule has 166 valence electrons. The minimum Gasteiger partial charge on any atom is -1.00 e. The lowest BCUT2D eigenvalue weighted by atomic mass is 9.81. The molecule has 1 unspecified atom stereocenters. The molecule has 0 spiro atoms. The van der Waals surface area contributed by atoms with Crippen molar-refractivity contribution in [2.24, 2.45) is 5.92 Å². The Morgan fingerprint density at radius 3 is 2.52 bits per heavy atom. The van der Waals surface area contributed by atoms with Crippen molar-refractivity contribution in [1.82, 2.24) is 20.6 Å². The maximum Gasteiger partial charge on any atom is 0.280 e. The lowest BCUT2D eigenvalue weighted by Crippen LogP contribution is -3.00. The molecule has 1 aromatic carbocycles. The molecule has 4 heterocycles. The zero-order valence-electron chi connectivity index (χ0n) is 16.9. The summed E-state index contributed by atoms with van der Waals surface area (Å²) in [6.45, 7) is 4.20. The standard InChI is InChI=1S/C20H25ClN8O.BrH/c21-16-18(23)27-17(22)15(26-16)19(30)28-20(24)25-14-11-29(8-6-13(14)7-9-29)10-12-4-2-1-3-5-12;/h1-5,13-14H,6-11H2,(H6-,22,23,24,25,27,28,30);1H. The Bertz CT molecular complexity index is 965. The summed E-state index contributed by atoms with van der Waals surface area (Å²) in [7, 11) is 0. The van der Waals surface area contributed by atoms with Gasteiger partial charge in [0.25, 0.3) is 5.91 Å². The molecule has 7 N–H and O–H groups in total. The molecule has 3 fully saturated rings. The van der Waals surface area contributed by atoms with E-state index in [1.54, 1.807) is 0 Å². The molecule has 0 saturated carbocycles. The first-order valence-electron chi connectivity index (χ1n) is 9.99. The van der Waals surface area contributed by atoms with E-state index < -0.39 is 5.91 Å². The van der Waals surface area contributed by atoms with Gasteiger partial charge in [-0.3, -0.25) is 15.5 Å². The Balaban J connectivity index is 0.00000272. The maximum atomic E-state index is 12.5. The second kappa shape index (κ2) is 9.37. The van der Waals surface area contributed by atoms with Gasteiger partial charge in [-0.05, 0) is 5.92 Å². The number of fused-ring (bicyclic) bond motifs is 3. The van der Waals surface area contributed by atoms with Crippen LogP contribution in [0, 0.1) is 11.3 Å². The Kier molecular flexibility index (Phi) is 7.03. The van der Waals surface area contributed by atoms with Crippen LogP contribution in [0.25, 0.3) is 0 Å². The van der Waals surface area contributed by atoms with Crippen LogP contribution in [0.4, 0.5) is 11.6 Å². The summed E-state index contributed by atoms with van der Waals surface area (Å²) in [5.41, 5.74) is 12.4. The predicted octanol–water partition coefficient (Wildman–Crippen LogP) is -1.64. The number of nitrogen functional groups attached to an aromatic ring is 2. The average molecular weight is 510 g/mol. The summed E-state index contributed by atoms with van der Waals surface area (Å²) in [6.07, 6.45) is 2.22. The first kappa shape index (κ1) is 23.2. The van der Waals surface area contributed by atoms with Crippen molar-refractivity contribution in [3.8, 4) is 0 Å². The molecule has 2 aromatic rings. The largest absolute Gasteiger partial charge is 1.00 e. The first-order chi connectivity index (χ1) is 14.3. The fraction of sp³-hybridized carbons (Fsp3) is 0.400. The van der Waals surface area contributed by atoms with Gasteiger partial charge in [0.1, 0.15) is 6.54 Å². The molecule has 3 aliphatic heterocycles. The van der Waals surface area contributed by atoms with Crippen molar-refractivity contribution in [3.63, 3.8) is 0 Å². The van der Waals surface area contributed by atoms with E-state index in [2.05, 4.69) is 44.9 Å². The number of rotatable bonds is 4. The first-order valence-corrected chi connectivity index (χ1v) is 10.4. The molecule has 1 atom stereocenters. The number of hydrogen-bond acceptors (Lipinski definition) is 6. The van der Waals surface area contributed by atoms with E-state index in [-0.39, 0.29) is 51.5 Å². The van der Waals surface area contributed by atoms with Gasteiger partial charge in [-0.2, -0.15) is 0 Å². The number of carbonyl (C=O) groups excluding carboxylic acids is 1. The monoisotopic (exact) mass is 508 g/mol. The molecule has 2 bridgehead atoms. The fourth-order valence-electron chi connectivity index (χ4n) is 4.65. The Hall–Kier alpha value is -2.43. The lowest BCUT2D eigenvalue weighted by Gasteiger charge is -2.53. The smallest absolute Gasteiger partial charge is 0.280 e. The van der Waals surface area contributed by atoms with Gasteiger partial charge in [-0.15, -0.1) is 0 Å². The highest BCUT2D eigenvalue weighted by Crippen LogP contribution is 2.35. The summed E-state index contributed by atoms with van der Waals surface area (Å²) in [6, 6.07) is 10.6. The molecule has 3 saturated heterocycles. The molecule has 3 aliphatic rings. The molecular weight excluding hydrogens is 484 g/mol. The summed E-state index contributed by atoms with van der Waals surface area (Å²) in [4.78, 5) is 20.2. The summed E-state index contributed by atoms with van der Waals surface area (Å²) < 4.78 is 1.01. The Morgan fingerprint density at radius 2 is 1.84 bits per heavy atom. The highest BCUT2D eigenvalue weighted by atomic mass is 79.9. The van der Waals surface area contributed by atoms with Crippen molar-refractivity contribution >= 4 is 35.1 Å². The van der Waals surface area contributed by atoms with Crippen LogP contribution in [0.1, 0.15) is 28.9 Å². The number of nitrogens with one attached hydrogen (secondary N) is 3. The second-order valence-corrected chi connectivity index (χ2v) is 8.52. The quantitative estimate of drug-likeness (QED) is 0.190. The van der Waals surface area contributed by atoms with Gasteiger partial charge in [-0.1, -0.05) is 41.9 Å². The number of piperidine rings is 3. The number of quaternary nitrogens is 1. The van der Waals surface area contributed by atoms with E-state index in [0.29, 0.717) is 5.92 Å². The number of guanidine groups is 1. The van der Waals surface area contributed by atoms with Gasteiger partial charge in [-0.25, -0.2) is 9.97 Å². The SMILES string of the molecule is N=C(NC(=O)c1nc(Cl)c(N)nc1N)NC1C[N+]2(Cc3ccccc3)CCC1CC2.[Br-]. The third kappa shape index (κ3) is 5.08. The summed E-state index contributed by atoms with van der Waals surface area (Å²) >= 11 is 5.84. The van der Waals surface area contributed by atoms with Gasteiger partial charge in [0, 0.05) is 18.4 Å². The number of carbonyl (C=O) groups is 1. The third-order valence-electron chi connectivity index (χ3n) is 6.15. The number of benzene rings is 1. The maximum absolute atomic E-state index is 12.5. The van der Waals surface area contributed by atoms with Gasteiger partial charge in [0.2, 0.25) is 0 Å². The van der Waals surface area contributed by atoms with E-state index in [9.17, 15) is 4.79 Å². The summed E-state index contributed by atoms with van der Waals surface area (Å²) in [5, 5.41) is 13.8. The van der Waals surface area contributed by atoms with E-state index in [0.717, 1.165) is 43.5 Å². The second-order valence-electron chi connectivity index (χ2n) is 8.17. The number of aromatic nitrogens is 2. The van der Waals surface area contributed by atoms with E-state index in [1.807, 2.05) is 6.07 Å². The summed E-state index contributed by atoms with van der Waals surface area (Å²) in [5.74, 6) is -0.399. The zero-order valence-corrected chi connectivity index (χ0v) is 19.3. The molecule has 5 rings (SSSR count). The number of amides is 1. The number of halogens is 2. The Morgan fingerprint density at radius 1 is 1.16 bits per heavy atom. The van der Waals surface area contributed by atoms with Crippen molar-refractivity contribution in [2.45, 2.75) is 25.4 Å². The van der Waals surface area contributed by atoms with Crippen LogP contribution in [-0.2, 0) is 6.54 Å². The molecule has 1 aromatic heterocycles. The van der Waals surface area contributed by atoms with Crippen LogP contribution < -0.4 is 39.1 Å². The Labute approximate surface area is 196 Å². The van der Waals surface area contributed by atoms with E-state index in [4.69, 9.17) is 28.5 Å². The lowest BCUT2D eigenvalue weighted by molar-refractivity contribution is -0.956. The minimum absolute atomic E-state index is 0. The number of nitrogens with two attached hydrogens (primary N) is 2. The van der Waals surface area contributed by atoms with Gasteiger partial charge >= 0.3 is 0 Å². The topological polar surface area (TPSA) is 143 Å². The number of hydrogen-bond donors (Lipinski definition) is 5. The van der Waals surface area contributed by atoms with E-state index >= 15 is 0 Å². The van der Waals surface area contributed by atoms with Crippen LogP contribution in [-0.4, -0.2) is 52.0 Å². The molecule has 9 nitrogen and oxygen atoms in total. The average Bonchev–Trinajstić information content (AvgIpc) is 2.71. The zero-order chi connectivity index (χ0) is 21.3. The third-order valence-corrected chi connectivity index (χ3v) is 6.43. The van der Waals surface area contributed by atoms with Gasteiger partial charge in [0.15, 0.2) is 28.4 Å². The normalized spacial score (nSPS) is 24.2. The van der Waals surface area contributed by atoms with Crippen LogP contribution >= 0.6 is 11.6 Å². The van der Waals surface area contributed by atoms with E-state index in [1.165, 1.54) is 5.56 Å². The van der Waals surface area contributed by atoms with Gasteiger partial charge < -0.3 is 38.2 Å². The highest BCUT2D eigenvalue weighted by molar-refractivity contribution is 6.31. The number of nitrogens with zero attached hydrogens (tertiary/aromatic N) is 3. The van der Waals surface area contributed by atoms with Crippen molar-refractivity contribution < 1.29 is 26.3 Å². The van der Waals surface area contributed by atoms with Crippen molar-refractivity contribution in [3.05, 3.63) is 46.7 Å². The number of anilines is 2. The van der Waals surface area contributed by atoms with Crippen molar-refractivity contribution in [2.75, 3.05) is 31.1 Å². The van der Waals surface area contributed by atoms with Crippen LogP contribution in [0.3, 0.4) is 0 Å². The predicted molar refractivity (Wildman–Crippen MR) is 116 cm³/mol. The molecular formula is C20H26BrClN8O. The molecule has 31 heavy (non-hydrogen) atoms. The molecule has 0 radical (unpaired) electrons. The molecule has 0 aliphatic carbocycles. The minimum atomic E-state index is -0.645. The molecule has 1 amide bonds. The fourth-order valence-corrected chi connectivity index (χ4v) is 4.77. The van der Waals surface area contributed by atoms with Crippen molar-refractivity contribution in [1.29, 1.82) is 5.41 Å². The van der Waals surface area contributed by atoms with Crippen LogP contribution in [0.15, 0.2) is 30.3 Å². The molecule has 11 heteroatoms. The highest BCUT2D eigenvalue weighted by Gasteiger charge is 2.46. The van der Waals surface area contributed by atoms with Crippen LogP contribution in [0.5, 0.6) is 0 Å². The van der Waals surface area contributed by atoms with Gasteiger partial charge in [0.05, 0.1) is 25.7 Å².